The van der Waals surface area contributed by atoms with Gasteiger partial charge in [0.15, 0.2) is 5.13 Å². The first kappa shape index (κ1) is 13.5. The van der Waals surface area contributed by atoms with E-state index in [4.69, 9.17) is 0 Å². The second-order valence-corrected chi connectivity index (χ2v) is 7.57. The van der Waals surface area contributed by atoms with Crippen LogP contribution in [0.1, 0.15) is 0 Å². The summed E-state index contributed by atoms with van der Waals surface area (Å²) in [4.78, 5) is 10.4. The highest BCUT2D eigenvalue weighted by Gasteiger charge is 2.23. The number of thiazole rings is 1. The number of hydrogen-bond donors (Lipinski definition) is 1. The maximum atomic E-state index is 12.4. The van der Waals surface area contributed by atoms with Crippen LogP contribution in [0.2, 0.25) is 0 Å². The van der Waals surface area contributed by atoms with Crippen molar-refractivity contribution >= 4 is 26.3 Å². The number of piperazine rings is 1. The Hall–Kier alpha value is -1.51. The number of aromatic nitrogens is 2. The van der Waals surface area contributed by atoms with Crippen molar-refractivity contribution in [2.75, 3.05) is 31.1 Å². The van der Waals surface area contributed by atoms with Crippen LogP contribution in [0, 0.1) is 0 Å². The van der Waals surface area contributed by atoms with Gasteiger partial charge in [-0.15, -0.1) is 0 Å². The van der Waals surface area contributed by atoms with Crippen LogP contribution < -0.4 is 10.2 Å². The molecular formula is C12H14N4O2S2. The number of hydrogen-bond acceptors (Lipinski definition) is 7. The van der Waals surface area contributed by atoms with Crippen LogP contribution in [0.25, 0.3) is 0 Å². The van der Waals surface area contributed by atoms with Crippen LogP contribution in [0.3, 0.4) is 0 Å². The average molecular weight is 310 g/mol. The first-order valence-electron chi connectivity index (χ1n) is 6.24. The molecule has 0 spiro atoms. The Kier molecular flexibility index (Phi) is 3.68. The number of pyridine rings is 1. The fourth-order valence-electron chi connectivity index (χ4n) is 2.01. The summed E-state index contributed by atoms with van der Waals surface area (Å²) in [5.74, 6) is 0. The lowest BCUT2D eigenvalue weighted by molar-refractivity contribution is 0.588. The molecule has 0 bridgehead atoms. The molecule has 0 aliphatic carbocycles. The molecule has 0 atom stereocenters. The highest BCUT2D eigenvalue weighted by Crippen LogP contribution is 2.30. The highest BCUT2D eigenvalue weighted by atomic mass is 32.2. The molecule has 8 heteroatoms. The number of sulfone groups is 1. The number of nitrogens with one attached hydrogen (secondary N) is 1. The van der Waals surface area contributed by atoms with E-state index in [1.165, 1.54) is 42.1 Å². The van der Waals surface area contributed by atoms with E-state index in [2.05, 4.69) is 20.2 Å². The molecule has 0 aromatic carbocycles. The van der Waals surface area contributed by atoms with Gasteiger partial charge in [0.05, 0.1) is 11.1 Å². The molecule has 1 saturated heterocycles. The third-order valence-corrected chi connectivity index (χ3v) is 6.37. The van der Waals surface area contributed by atoms with E-state index in [-0.39, 0.29) is 9.10 Å². The van der Waals surface area contributed by atoms with E-state index in [0.717, 1.165) is 31.3 Å². The monoisotopic (exact) mass is 310 g/mol. The zero-order valence-electron chi connectivity index (χ0n) is 10.7. The summed E-state index contributed by atoms with van der Waals surface area (Å²) >= 11 is 1.22. The first-order valence-corrected chi connectivity index (χ1v) is 8.54. The smallest absolute Gasteiger partial charge is 0.217 e. The van der Waals surface area contributed by atoms with Gasteiger partial charge in [0.25, 0.3) is 0 Å². The van der Waals surface area contributed by atoms with Gasteiger partial charge in [0.2, 0.25) is 9.84 Å². The zero-order valence-corrected chi connectivity index (χ0v) is 12.3. The molecule has 0 saturated carbocycles. The average Bonchev–Trinajstić information content (AvgIpc) is 3.00. The summed E-state index contributed by atoms with van der Waals surface area (Å²) in [6, 6.07) is 3.00. The van der Waals surface area contributed by atoms with E-state index >= 15 is 0 Å². The minimum absolute atomic E-state index is 0.253. The summed E-state index contributed by atoms with van der Waals surface area (Å²) in [6.07, 6.45) is 4.40. The number of rotatable bonds is 3. The predicted molar refractivity (Wildman–Crippen MR) is 76.9 cm³/mol. The number of anilines is 1. The van der Waals surface area contributed by atoms with Gasteiger partial charge in [-0.1, -0.05) is 11.3 Å². The Morgan fingerprint density at radius 3 is 2.60 bits per heavy atom. The zero-order chi connectivity index (χ0) is 14.0. The Bertz CT molecular complexity index is 678. The van der Waals surface area contributed by atoms with Crippen molar-refractivity contribution < 1.29 is 8.42 Å². The molecule has 3 heterocycles. The van der Waals surface area contributed by atoms with Crippen molar-refractivity contribution in [1.82, 2.24) is 15.3 Å². The lowest BCUT2D eigenvalue weighted by Crippen LogP contribution is -2.43. The van der Waals surface area contributed by atoms with Gasteiger partial charge in [-0.25, -0.2) is 13.4 Å². The molecule has 2 aromatic heterocycles. The van der Waals surface area contributed by atoms with Gasteiger partial charge in [0.1, 0.15) is 4.21 Å². The summed E-state index contributed by atoms with van der Waals surface area (Å²) in [6.45, 7) is 3.49. The van der Waals surface area contributed by atoms with Crippen molar-refractivity contribution in [1.29, 1.82) is 0 Å². The molecule has 3 rings (SSSR count). The molecule has 2 aromatic rings. The van der Waals surface area contributed by atoms with Crippen LogP contribution in [-0.2, 0) is 9.84 Å². The van der Waals surface area contributed by atoms with Crippen LogP contribution in [-0.4, -0.2) is 44.6 Å². The SMILES string of the molecule is O=S(=O)(c1ccncc1)c1cnc(N2CCNCC2)s1. The standard InChI is InChI=1S/C12H14N4O2S2/c17-20(18,10-1-3-13-4-2-10)11-9-15-12(19-11)16-7-5-14-6-8-16/h1-4,9,14H,5-8H2. The van der Waals surface area contributed by atoms with Crippen molar-refractivity contribution in [3.63, 3.8) is 0 Å². The Morgan fingerprint density at radius 1 is 1.20 bits per heavy atom. The molecule has 0 amide bonds. The van der Waals surface area contributed by atoms with Gasteiger partial charge in [0, 0.05) is 38.6 Å². The molecule has 1 aliphatic heterocycles. The molecule has 0 unspecified atom stereocenters. The van der Waals surface area contributed by atoms with Gasteiger partial charge in [-0.2, -0.15) is 0 Å². The van der Waals surface area contributed by atoms with Crippen molar-refractivity contribution in [3.05, 3.63) is 30.7 Å². The molecule has 1 fully saturated rings. The van der Waals surface area contributed by atoms with E-state index in [0.29, 0.717) is 0 Å². The topological polar surface area (TPSA) is 75.2 Å². The molecular weight excluding hydrogens is 296 g/mol. The lowest BCUT2D eigenvalue weighted by atomic mass is 10.4. The molecule has 1 aliphatic rings. The molecule has 106 valence electrons. The molecule has 1 N–H and O–H groups in total. The van der Waals surface area contributed by atoms with Crippen LogP contribution in [0.15, 0.2) is 39.8 Å². The summed E-state index contributed by atoms with van der Waals surface area (Å²) in [5, 5.41) is 4.02. The quantitative estimate of drug-likeness (QED) is 0.903. The Labute approximate surface area is 121 Å². The third-order valence-electron chi connectivity index (χ3n) is 3.08. The maximum absolute atomic E-state index is 12.4. The predicted octanol–water partition coefficient (Wildman–Crippen LogP) is 0.780. The van der Waals surface area contributed by atoms with Crippen molar-refractivity contribution in [2.45, 2.75) is 9.10 Å². The second kappa shape index (κ2) is 5.47. The summed E-state index contributed by atoms with van der Waals surface area (Å²) in [7, 11) is -3.48. The van der Waals surface area contributed by atoms with E-state index in [1.54, 1.807) is 0 Å². The highest BCUT2D eigenvalue weighted by molar-refractivity contribution is 7.93. The van der Waals surface area contributed by atoms with Crippen LogP contribution in [0.5, 0.6) is 0 Å². The molecule has 20 heavy (non-hydrogen) atoms. The van der Waals surface area contributed by atoms with Crippen molar-refractivity contribution in [3.8, 4) is 0 Å². The first-order chi connectivity index (χ1) is 9.68. The Morgan fingerprint density at radius 2 is 1.90 bits per heavy atom. The second-order valence-electron chi connectivity index (χ2n) is 4.39. The van der Waals surface area contributed by atoms with Gasteiger partial charge < -0.3 is 10.2 Å². The van der Waals surface area contributed by atoms with E-state index in [9.17, 15) is 8.42 Å². The van der Waals surface area contributed by atoms with Gasteiger partial charge in [-0.05, 0) is 12.1 Å². The fourth-order valence-corrected chi connectivity index (χ4v) is 4.57. The molecule has 6 nitrogen and oxygen atoms in total. The van der Waals surface area contributed by atoms with E-state index in [1.807, 2.05) is 0 Å². The Balaban J connectivity index is 1.90. The summed E-state index contributed by atoms with van der Waals surface area (Å²) < 4.78 is 25.2. The van der Waals surface area contributed by atoms with Crippen LogP contribution >= 0.6 is 11.3 Å². The van der Waals surface area contributed by atoms with E-state index < -0.39 is 9.84 Å². The normalized spacial score (nSPS) is 16.3. The fraction of sp³-hybridized carbons (Fsp3) is 0.333. The third kappa shape index (κ3) is 2.54. The number of nitrogens with zero attached hydrogens (tertiary/aromatic N) is 3. The lowest BCUT2D eigenvalue weighted by Gasteiger charge is -2.26. The minimum atomic E-state index is -3.48. The summed E-state index contributed by atoms with van der Waals surface area (Å²) in [5.41, 5.74) is 0. The van der Waals surface area contributed by atoms with Gasteiger partial charge >= 0.3 is 0 Å². The largest absolute Gasteiger partial charge is 0.346 e. The van der Waals surface area contributed by atoms with Crippen molar-refractivity contribution in [2.24, 2.45) is 0 Å². The maximum Gasteiger partial charge on any atom is 0.217 e. The molecule has 0 radical (unpaired) electrons. The minimum Gasteiger partial charge on any atom is -0.346 e. The van der Waals surface area contributed by atoms with Crippen LogP contribution in [0.4, 0.5) is 5.13 Å². The van der Waals surface area contributed by atoms with Gasteiger partial charge in [-0.3, -0.25) is 4.98 Å².